The molecule has 0 aliphatic heterocycles. The SMILES string of the molecule is CCNC(=O)c1cc2sccc2n1[C@@H](C)c1ccccc1. The normalized spacial score (nSPS) is 12.5. The second-order valence-corrected chi connectivity index (χ2v) is 5.96. The molecule has 1 amide bonds. The van der Waals surface area contributed by atoms with Crippen LogP contribution in [-0.2, 0) is 0 Å². The average Bonchev–Trinajstić information content (AvgIpc) is 3.08. The van der Waals surface area contributed by atoms with Crippen LogP contribution in [0.4, 0.5) is 0 Å². The molecule has 1 aromatic carbocycles. The number of nitrogens with one attached hydrogen (secondary N) is 1. The molecule has 2 heterocycles. The lowest BCUT2D eigenvalue weighted by Gasteiger charge is -2.18. The van der Waals surface area contributed by atoms with E-state index in [-0.39, 0.29) is 11.9 Å². The van der Waals surface area contributed by atoms with E-state index >= 15 is 0 Å². The van der Waals surface area contributed by atoms with Gasteiger partial charge in [0.05, 0.1) is 16.3 Å². The zero-order chi connectivity index (χ0) is 14.8. The number of rotatable bonds is 4. The monoisotopic (exact) mass is 298 g/mol. The summed E-state index contributed by atoms with van der Waals surface area (Å²) in [6, 6.07) is 14.5. The average molecular weight is 298 g/mol. The Bertz CT molecular complexity index is 758. The Hall–Kier alpha value is -2.07. The van der Waals surface area contributed by atoms with Crippen LogP contribution in [0.25, 0.3) is 10.2 Å². The van der Waals surface area contributed by atoms with Crippen LogP contribution >= 0.6 is 11.3 Å². The van der Waals surface area contributed by atoms with Gasteiger partial charge in [0.25, 0.3) is 5.91 Å². The Labute approximate surface area is 128 Å². The van der Waals surface area contributed by atoms with Crippen molar-refractivity contribution in [3.05, 3.63) is 59.1 Å². The van der Waals surface area contributed by atoms with E-state index in [1.165, 1.54) is 5.56 Å². The smallest absolute Gasteiger partial charge is 0.267 e. The molecular weight excluding hydrogens is 280 g/mol. The number of carbonyl (C=O) groups is 1. The number of fused-ring (bicyclic) bond motifs is 1. The summed E-state index contributed by atoms with van der Waals surface area (Å²) in [4.78, 5) is 12.3. The Kier molecular flexibility index (Phi) is 3.80. The van der Waals surface area contributed by atoms with Crippen LogP contribution in [0, 0.1) is 0 Å². The summed E-state index contributed by atoms with van der Waals surface area (Å²) in [5.41, 5.74) is 3.06. The third kappa shape index (κ3) is 2.47. The molecule has 0 saturated heterocycles. The van der Waals surface area contributed by atoms with E-state index in [2.05, 4.69) is 40.4 Å². The number of nitrogens with zero attached hydrogens (tertiary/aromatic N) is 1. The molecule has 0 bridgehead atoms. The van der Waals surface area contributed by atoms with Gasteiger partial charge in [-0.1, -0.05) is 30.3 Å². The molecule has 21 heavy (non-hydrogen) atoms. The summed E-state index contributed by atoms with van der Waals surface area (Å²) in [7, 11) is 0. The highest BCUT2D eigenvalue weighted by Gasteiger charge is 2.20. The zero-order valence-corrected chi connectivity index (χ0v) is 13.0. The highest BCUT2D eigenvalue weighted by molar-refractivity contribution is 7.17. The van der Waals surface area contributed by atoms with E-state index in [9.17, 15) is 4.79 Å². The third-order valence-electron chi connectivity index (χ3n) is 3.70. The molecule has 3 nitrogen and oxygen atoms in total. The molecule has 0 aliphatic rings. The van der Waals surface area contributed by atoms with Crippen LogP contribution in [0.3, 0.4) is 0 Å². The van der Waals surface area contributed by atoms with E-state index in [0.717, 1.165) is 15.9 Å². The van der Waals surface area contributed by atoms with Crippen molar-refractivity contribution in [2.75, 3.05) is 6.54 Å². The van der Waals surface area contributed by atoms with Crippen LogP contribution in [-0.4, -0.2) is 17.0 Å². The van der Waals surface area contributed by atoms with Crippen molar-refractivity contribution in [1.82, 2.24) is 9.88 Å². The number of carbonyl (C=O) groups excluding carboxylic acids is 1. The predicted molar refractivity (Wildman–Crippen MR) is 88.1 cm³/mol. The van der Waals surface area contributed by atoms with Gasteiger partial charge in [-0.25, -0.2) is 0 Å². The minimum absolute atomic E-state index is 0.0105. The molecule has 0 aliphatic carbocycles. The lowest BCUT2D eigenvalue weighted by Crippen LogP contribution is -2.26. The number of thiophene rings is 1. The van der Waals surface area contributed by atoms with E-state index in [0.29, 0.717) is 6.54 Å². The fourth-order valence-electron chi connectivity index (χ4n) is 2.67. The molecule has 3 rings (SSSR count). The molecule has 1 N–H and O–H groups in total. The molecule has 108 valence electrons. The maximum atomic E-state index is 12.3. The summed E-state index contributed by atoms with van der Waals surface area (Å²) >= 11 is 1.67. The fourth-order valence-corrected chi connectivity index (χ4v) is 3.48. The van der Waals surface area contributed by atoms with E-state index in [1.54, 1.807) is 11.3 Å². The quantitative estimate of drug-likeness (QED) is 0.774. The van der Waals surface area contributed by atoms with Gasteiger partial charge in [0.1, 0.15) is 5.69 Å². The van der Waals surface area contributed by atoms with Crippen molar-refractivity contribution in [1.29, 1.82) is 0 Å². The second kappa shape index (κ2) is 5.74. The molecule has 4 heteroatoms. The first-order chi connectivity index (χ1) is 10.2. The van der Waals surface area contributed by atoms with Crippen LogP contribution in [0.1, 0.15) is 35.9 Å². The van der Waals surface area contributed by atoms with Gasteiger partial charge in [0.2, 0.25) is 0 Å². The number of hydrogen-bond donors (Lipinski definition) is 1. The lowest BCUT2D eigenvalue weighted by molar-refractivity contribution is 0.0946. The molecule has 0 fully saturated rings. The largest absolute Gasteiger partial charge is 0.351 e. The van der Waals surface area contributed by atoms with Gasteiger partial charge in [-0.05, 0) is 36.9 Å². The van der Waals surface area contributed by atoms with Crippen molar-refractivity contribution in [3.63, 3.8) is 0 Å². The minimum atomic E-state index is -0.0105. The summed E-state index contributed by atoms with van der Waals surface area (Å²) in [6.45, 7) is 4.71. The Morgan fingerprint density at radius 2 is 2.05 bits per heavy atom. The highest BCUT2D eigenvalue weighted by atomic mass is 32.1. The number of aromatic nitrogens is 1. The van der Waals surface area contributed by atoms with Gasteiger partial charge < -0.3 is 9.88 Å². The van der Waals surface area contributed by atoms with Crippen LogP contribution in [0.5, 0.6) is 0 Å². The fraction of sp³-hybridized carbons (Fsp3) is 0.235. The molecule has 3 aromatic rings. The second-order valence-electron chi connectivity index (χ2n) is 5.02. The summed E-state index contributed by atoms with van der Waals surface area (Å²) in [6.07, 6.45) is 0. The number of hydrogen-bond acceptors (Lipinski definition) is 2. The van der Waals surface area contributed by atoms with E-state index in [4.69, 9.17) is 0 Å². The Balaban J connectivity index is 2.13. The Morgan fingerprint density at radius 1 is 1.29 bits per heavy atom. The van der Waals surface area contributed by atoms with Crippen molar-refractivity contribution in [2.24, 2.45) is 0 Å². The third-order valence-corrected chi connectivity index (χ3v) is 4.55. The van der Waals surface area contributed by atoms with Crippen molar-refractivity contribution >= 4 is 27.5 Å². The number of benzene rings is 1. The Morgan fingerprint density at radius 3 is 2.76 bits per heavy atom. The summed E-state index contributed by atoms with van der Waals surface area (Å²) < 4.78 is 3.28. The van der Waals surface area contributed by atoms with Gasteiger partial charge in [-0.3, -0.25) is 4.79 Å². The highest BCUT2D eigenvalue weighted by Crippen LogP contribution is 2.31. The summed E-state index contributed by atoms with van der Waals surface area (Å²) in [5, 5.41) is 4.97. The maximum absolute atomic E-state index is 12.3. The number of amides is 1. The van der Waals surface area contributed by atoms with E-state index < -0.39 is 0 Å². The van der Waals surface area contributed by atoms with Gasteiger partial charge >= 0.3 is 0 Å². The van der Waals surface area contributed by atoms with Crippen molar-refractivity contribution in [3.8, 4) is 0 Å². The van der Waals surface area contributed by atoms with Crippen molar-refractivity contribution in [2.45, 2.75) is 19.9 Å². The molecule has 2 aromatic heterocycles. The summed E-state index contributed by atoms with van der Waals surface area (Å²) in [5.74, 6) is -0.0105. The predicted octanol–water partition coefficient (Wildman–Crippen LogP) is 4.06. The standard InChI is InChI=1S/C17H18N2OS/c1-3-18-17(20)15-11-16-14(9-10-21-16)19(15)12(2)13-7-5-4-6-8-13/h4-12H,3H2,1-2H3,(H,18,20)/t12-/m0/s1. The first-order valence-corrected chi connectivity index (χ1v) is 8.02. The zero-order valence-electron chi connectivity index (χ0n) is 12.2. The molecule has 0 spiro atoms. The van der Waals surface area contributed by atoms with Gasteiger partial charge in [0, 0.05) is 6.54 Å². The molecular formula is C17H18N2OS. The van der Waals surface area contributed by atoms with Crippen LogP contribution < -0.4 is 5.32 Å². The topological polar surface area (TPSA) is 34.0 Å². The lowest BCUT2D eigenvalue weighted by atomic mass is 10.1. The van der Waals surface area contributed by atoms with Crippen LogP contribution in [0.2, 0.25) is 0 Å². The van der Waals surface area contributed by atoms with Gasteiger partial charge in [-0.2, -0.15) is 0 Å². The maximum Gasteiger partial charge on any atom is 0.267 e. The van der Waals surface area contributed by atoms with Gasteiger partial charge in [0.15, 0.2) is 0 Å². The first-order valence-electron chi connectivity index (χ1n) is 7.14. The molecule has 0 radical (unpaired) electrons. The van der Waals surface area contributed by atoms with Crippen molar-refractivity contribution < 1.29 is 4.79 Å². The van der Waals surface area contributed by atoms with Gasteiger partial charge in [-0.15, -0.1) is 11.3 Å². The van der Waals surface area contributed by atoms with E-state index in [1.807, 2.05) is 31.2 Å². The molecule has 0 unspecified atom stereocenters. The van der Waals surface area contributed by atoms with Crippen LogP contribution in [0.15, 0.2) is 47.8 Å². The molecule has 1 atom stereocenters. The minimum Gasteiger partial charge on any atom is -0.351 e. The molecule has 0 saturated carbocycles. The first kappa shape index (κ1) is 13.9.